The summed E-state index contributed by atoms with van der Waals surface area (Å²) in [4.78, 5) is 0. The van der Waals surface area contributed by atoms with Crippen molar-refractivity contribution in [1.82, 2.24) is 0 Å². The van der Waals surface area contributed by atoms with Crippen molar-refractivity contribution in [2.45, 2.75) is 51.4 Å². The van der Waals surface area contributed by atoms with Crippen molar-refractivity contribution in [3.05, 3.63) is 11.1 Å². The van der Waals surface area contributed by atoms with E-state index in [1.165, 1.54) is 51.4 Å². The maximum absolute atomic E-state index is 1.84. The molecule has 0 heteroatoms. The van der Waals surface area contributed by atoms with Gasteiger partial charge in [-0.05, 0) is 44.9 Å². The first-order chi connectivity index (χ1) is 4.97. The molecule has 0 unspecified atom stereocenters. The predicted octanol–water partition coefficient (Wildman–Crippen LogP) is 3.43. The normalized spacial score (nSPS) is 26.4. The van der Waals surface area contributed by atoms with E-state index in [-0.39, 0.29) is 0 Å². The molecule has 0 bridgehead atoms. The van der Waals surface area contributed by atoms with Gasteiger partial charge in [0.05, 0.1) is 0 Å². The van der Waals surface area contributed by atoms with E-state index in [9.17, 15) is 0 Å². The molecule has 0 amide bonds. The zero-order chi connectivity index (χ0) is 6.81. The average molecular weight is 136 g/mol. The number of hydrogen-bond acceptors (Lipinski definition) is 0. The van der Waals surface area contributed by atoms with Gasteiger partial charge in [-0.25, -0.2) is 0 Å². The second kappa shape index (κ2) is 2.77. The fourth-order valence-electron chi connectivity index (χ4n) is 2.33. The Kier molecular flexibility index (Phi) is 1.79. The molecule has 56 valence electrons. The summed E-state index contributed by atoms with van der Waals surface area (Å²) in [6.07, 6.45) is 11.6. The monoisotopic (exact) mass is 136 g/mol. The Hall–Kier alpha value is -0.260. The smallest absolute Gasteiger partial charge is 0.0315 e. The molecule has 0 N–H and O–H groups in total. The minimum absolute atomic E-state index is 1.44. The van der Waals surface area contributed by atoms with Gasteiger partial charge in [-0.3, -0.25) is 0 Å². The lowest BCUT2D eigenvalue weighted by molar-refractivity contribution is 0.677. The van der Waals surface area contributed by atoms with Crippen LogP contribution in [-0.2, 0) is 0 Å². The maximum atomic E-state index is 1.84. The van der Waals surface area contributed by atoms with Crippen molar-refractivity contribution in [1.29, 1.82) is 0 Å². The van der Waals surface area contributed by atoms with Gasteiger partial charge in [0.25, 0.3) is 0 Å². The van der Waals surface area contributed by atoms with Crippen LogP contribution in [0, 0.1) is 0 Å². The second-order valence-electron chi connectivity index (χ2n) is 3.62. The molecule has 10 heavy (non-hydrogen) atoms. The van der Waals surface area contributed by atoms with Crippen LogP contribution in [0.25, 0.3) is 0 Å². The molecule has 0 radical (unpaired) electrons. The standard InChI is InChI=1S/C10H16/c1-2-5-9-7-4-8-10(9)6-3-1/h1-8H2. The molecule has 0 saturated carbocycles. The highest BCUT2D eigenvalue weighted by Crippen LogP contribution is 2.35. The van der Waals surface area contributed by atoms with E-state index in [1.807, 2.05) is 11.1 Å². The Morgan fingerprint density at radius 2 is 1.00 bits per heavy atom. The molecule has 0 nitrogen and oxygen atoms in total. The second-order valence-corrected chi connectivity index (χ2v) is 3.62. The van der Waals surface area contributed by atoms with Crippen molar-refractivity contribution >= 4 is 0 Å². The lowest BCUT2D eigenvalue weighted by atomic mass is 10.1. The third-order valence-corrected chi connectivity index (χ3v) is 2.91. The fraction of sp³-hybridized carbons (Fsp3) is 0.800. The Morgan fingerprint density at radius 1 is 0.500 bits per heavy atom. The van der Waals surface area contributed by atoms with E-state index in [1.54, 1.807) is 0 Å². The first-order valence-corrected chi connectivity index (χ1v) is 4.66. The highest BCUT2D eigenvalue weighted by Gasteiger charge is 2.15. The lowest BCUT2D eigenvalue weighted by Gasteiger charge is -1.98. The lowest BCUT2D eigenvalue weighted by Crippen LogP contribution is -1.78. The van der Waals surface area contributed by atoms with Crippen LogP contribution in [0.2, 0.25) is 0 Å². The Balaban J connectivity index is 2.10. The van der Waals surface area contributed by atoms with Crippen LogP contribution in [0.3, 0.4) is 0 Å². The average Bonchev–Trinajstić information content (AvgIpc) is 2.28. The van der Waals surface area contributed by atoms with Crippen LogP contribution in [0.1, 0.15) is 51.4 Å². The van der Waals surface area contributed by atoms with Crippen LogP contribution in [0.15, 0.2) is 11.1 Å². The van der Waals surface area contributed by atoms with E-state index < -0.39 is 0 Å². The van der Waals surface area contributed by atoms with Crippen LogP contribution < -0.4 is 0 Å². The zero-order valence-corrected chi connectivity index (χ0v) is 6.66. The topological polar surface area (TPSA) is 0 Å². The molecule has 2 aliphatic rings. The highest BCUT2D eigenvalue weighted by atomic mass is 14.2. The fourth-order valence-corrected chi connectivity index (χ4v) is 2.33. The van der Waals surface area contributed by atoms with Crippen molar-refractivity contribution in [2.24, 2.45) is 0 Å². The first kappa shape index (κ1) is 6.45. The number of allylic oxidation sites excluding steroid dienone is 2. The predicted molar refractivity (Wildman–Crippen MR) is 44.0 cm³/mol. The van der Waals surface area contributed by atoms with E-state index in [0.29, 0.717) is 0 Å². The van der Waals surface area contributed by atoms with Gasteiger partial charge >= 0.3 is 0 Å². The Labute approximate surface area is 63.3 Å². The molecule has 0 aromatic rings. The van der Waals surface area contributed by atoms with Gasteiger partial charge in [0.2, 0.25) is 0 Å². The quantitative estimate of drug-likeness (QED) is 0.447. The molecule has 0 fully saturated rings. The SMILES string of the molecule is C1CCC2=C(CC1)CCC2. The molecule has 2 rings (SSSR count). The molecule has 0 aliphatic heterocycles. The van der Waals surface area contributed by atoms with Crippen LogP contribution in [-0.4, -0.2) is 0 Å². The Morgan fingerprint density at radius 3 is 1.60 bits per heavy atom. The van der Waals surface area contributed by atoms with Gasteiger partial charge in [-0.15, -0.1) is 0 Å². The van der Waals surface area contributed by atoms with Crippen molar-refractivity contribution in [3.8, 4) is 0 Å². The summed E-state index contributed by atoms with van der Waals surface area (Å²) in [6, 6.07) is 0. The van der Waals surface area contributed by atoms with Crippen molar-refractivity contribution in [3.63, 3.8) is 0 Å². The first-order valence-electron chi connectivity index (χ1n) is 4.66. The van der Waals surface area contributed by atoms with Crippen molar-refractivity contribution in [2.75, 3.05) is 0 Å². The third kappa shape index (κ3) is 1.12. The van der Waals surface area contributed by atoms with E-state index in [4.69, 9.17) is 0 Å². The summed E-state index contributed by atoms with van der Waals surface area (Å²) in [7, 11) is 0. The van der Waals surface area contributed by atoms with Crippen molar-refractivity contribution < 1.29 is 0 Å². The van der Waals surface area contributed by atoms with Gasteiger partial charge in [0.1, 0.15) is 0 Å². The van der Waals surface area contributed by atoms with E-state index >= 15 is 0 Å². The zero-order valence-electron chi connectivity index (χ0n) is 6.66. The van der Waals surface area contributed by atoms with Gasteiger partial charge in [-0.1, -0.05) is 17.6 Å². The number of hydrogen-bond donors (Lipinski definition) is 0. The molecule has 0 saturated heterocycles. The number of rotatable bonds is 0. The van der Waals surface area contributed by atoms with Crippen LogP contribution in [0.5, 0.6) is 0 Å². The van der Waals surface area contributed by atoms with Gasteiger partial charge < -0.3 is 0 Å². The summed E-state index contributed by atoms with van der Waals surface area (Å²) in [5.41, 5.74) is 3.69. The molecule has 0 spiro atoms. The minimum atomic E-state index is 1.44. The molecule has 0 aromatic carbocycles. The summed E-state index contributed by atoms with van der Waals surface area (Å²) >= 11 is 0. The van der Waals surface area contributed by atoms with E-state index in [0.717, 1.165) is 0 Å². The van der Waals surface area contributed by atoms with Gasteiger partial charge in [0, 0.05) is 0 Å². The third-order valence-electron chi connectivity index (χ3n) is 2.91. The Bertz CT molecular complexity index is 137. The minimum Gasteiger partial charge on any atom is -0.0710 e. The van der Waals surface area contributed by atoms with Crippen LogP contribution >= 0.6 is 0 Å². The summed E-state index contributed by atoms with van der Waals surface area (Å²) < 4.78 is 0. The molecular formula is C10H16. The molecule has 0 atom stereocenters. The summed E-state index contributed by atoms with van der Waals surface area (Å²) in [6.45, 7) is 0. The van der Waals surface area contributed by atoms with Gasteiger partial charge in [-0.2, -0.15) is 0 Å². The molecule has 0 aromatic heterocycles. The summed E-state index contributed by atoms with van der Waals surface area (Å²) in [5, 5.41) is 0. The van der Waals surface area contributed by atoms with Gasteiger partial charge in [0.15, 0.2) is 0 Å². The molecule has 2 aliphatic carbocycles. The molecular weight excluding hydrogens is 120 g/mol. The van der Waals surface area contributed by atoms with E-state index in [2.05, 4.69) is 0 Å². The summed E-state index contributed by atoms with van der Waals surface area (Å²) in [5.74, 6) is 0. The molecule has 0 heterocycles. The van der Waals surface area contributed by atoms with Crippen LogP contribution in [0.4, 0.5) is 0 Å². The maximum Gasteiger partial charge on any atom is -0.0315 e. The largest absolute Gasteiger partial charge is 0.0710 e. The highest BCUT2D eigenvalue weighted by molar-refractivity contribution is 5.20.